The van der Waals surface area contributed by atoms with Gasteiger partial charge in [0.2, 0.25) is 0 Å². The first kappa shape index (κ1) is 11.9. The van der Waals surface area contributed by atoms with Crippen LogP contribution in [-0.2, 0) is 6.54 Å². The molecule has 1 aliphatic carbocycles. The Kier molecular flexibility index (Phi) is 3.82. The van der Waals surface area contributed by atoms with Gasteiger partial charge in [0.25, 0.3) is 0 Å². The third-order valence-electron chi connectivity index (χ3n) is 3.15. The molecule has 0 saturated heterocycles. The highest BCUT2D eigenvalue weighted by Gasteiger charge is 2.27. The van der Waals surface area contributed by atoms with Gasteiger partial charge in [-0.05, 0) is 31.9 Å². The summed E-state index contributed by atoms with van der Waals surface area (Å²) in [4.78, 5) is 2.17. The van der Waals surface area contributed by atoms with Crippen LogP contribution in [-0.4, -0.2) is 23.9 Å². The van der Waals surface area contributed by atoms with Crippen molar-refractivity contribution in [3.05, 3.63) is 35.6 Å². The number of benzene rings is 1. The molecule has 0 spiro atoms. The van der Waals surface area contributed by atoms with Crippen LogP contribution in [0, 0.1) is 11.7 Å². The lowest BCUT2D eigenvalue weighted by Gasteiger charge is -2.34. The predicted molar refractivity (Wildman–Crippen MR) is 65.1 cm³/mol. The molecule has 0 N–H and O–H groups in total. The molecule has 1 aliphatic rings. The van der Waals surface area contributed by atoms with Gasteiger partial charge >= 0.3 is 0 Å². The van der Waals surface area contributed by atoms with E-state index in [1.807, 2.05) is 19.2 Å². The lowest BCUT2D eigenvalue weighted by Crippen LogP contribution is -2.34. The maximum atomic E-state index is 13.4. The van der Waals surface area contributed by atoms with E-state index in [-0.39, 0.29) is 5.82 Å². The van der Waals surface area contributed by atoms with Crippen molar-refractivity contribution in [3.63, 3.8) is 0 Å². The molecule has 3 heteroatoms. The van der Waals surface area contributed by atoms with Crippen LogP contribution in [0.25, 0.3) is 0 Å². The first-order valence-corrected chi connectivity index (χ1v) is 6.15. The van der Waals surface area contributed by atoms with Crippen molar-refractivity contribution in [3.8, 4) is 0 Å². The Morgan fingerprint density at radius 2 is 2.06 bits per heavy atom. The Morgan fingerprint density at radius 1 is 1.38 bits per heavy atom. The zero-order valence-corrected chi connectivity index (χ0v) is 10.3. The largest absolute Gasteiger partial charge is 0.302 e. The van der Waals surface area contributed by atoms with Crippen molar-refractivity contribution >= 4 is 11.6 Å². The van der Waals surface area contributed by atoms with E-state index in [0.717, 1.165) is 24.9 Å². The third-order valence-corrected chi connectivity index (χ3v) is 3.50. The summed E-state index contributed by atoms with van der Waals surface area (Å²) in [7, 11) is 2.04. The van der Waals surface area contributed by atoms with Gasteiger partial charge in [0.15, 0.2) is 0 Å². The number of halogens is 2. The van der Waals surface area contributed by atoms with Gasteiger partial charge in [-0.25, -0.2) is 4.39 Å². The number of nitrogens with zero attached hydrogens (tertiary/aromatic N) is 1. The smallest absolute Gasteiger partial charge is 0.127 e. The maximum absolute atomic E-state index is 13.4. The summed E-state index contributed by atoms with van der Waals surface area (Å²) in [5, 5.41) is 0.367. The molecule has 1 nitrogen and oxygen atoms in total. The second-order valence-corrected chi connectivity index (χ2v) is 5.34. The average Bonchev–Trinajstić information content (AvgIpc) is 2.19. The molecule has 0 atom stereocenters. The van der Waals surface area contributed by atoms with Gasteiger partial charge in [-0.2, -0.15) is 0 Å². The van der Waals surface area contributed by atoms with E-state index < -0.39 is 0 Å². The molecule has 1 saturated carbocycles. The lowest BCUT2D eigenvalue weighted by atomic mass is 9.84. The fourth-order valence-electron chi connectivity index (χ4n) is 2.23. The predicted octanol–water partition coefficient (Wildman–Crippen LogP) is 3.27. The number of rotatable bonds is 4. The molecule has 0 radical (unpaired) electrons. The van der Waals surface area contributed by atoms with Gasteiger partial charge in [0.05, 0.1) is 0 Å². The molecule has 2 rings (SSSR count). The monoisotopic (exact) mass is 241 g/mol. The highest BCUT2D eigenvalue weighted by atomic mass is 35.5. The molecule has 1 aromatic carbocycles. The molecule has 88 valence electrons. The fraction of sp³-hybridized carbons (Fsp3) is 0.538. The summed E-state index contributed by atoms with van der Waals surface area (Å²) in [6, 6.07) is 6.96. The van der Waals surface area contributed by atoms with Gasteiger partial charge in [-0.15, -0.1) is 11.6 Å². The van der Waals surface area contributed by atoms with E-state index in [9.17, 15) is 4.39 Å². The molecule has 16 heavy (non-hydrogen) atoms. The minimum Gasteiger partial charge on any atom is -0.302 e. The number of alkyl halides is 1. The average molecular weight is 242 g/mol. The summed E-state index contributed by atoms with van der Waals surface area (Å²) >= 11 is 5.93. The SMILES string of the molecule is CN(Cc1ccccc1F)CC1CC(Cl)C1. The molecule has 0 aromatic heterocycles. The van der Waals surface area contributed by atoms with E-state index >= 15 is 0 Å². The zero-order chi connectivity index (χ0) is 11.5. The zero-order valence-electron chi connectivity index (χ0n) is 9.50. The van der Waals surface area contributed by atoms with Crippen molar-refractivity contribution in [2.24, 2.45) is 5.92 Å². The van der Waals surface area contributed by atoms with Crippen LogP contribution in [0.3, 0.4) is 0 Å². The molecule has 1 fully saturated rings. The van der Waals surface area contributed by atoms with Crippen molar-refractivity contribution in [2.75, 3.05) is 13.6 Å². The topological polar surface area (TPSA) is 3.24 Å². The molecular formula is C13H17ClFN. The summed E-state index contributed by atoms with van der Waals surface area (Å²) in [6.45, 7) is 1.69. The Hall–Kier alpha value is -0.600. The molecular weight excluding hydrogens is 225 g/mol. The minimum atomic E-state index is -0.113. The number of hydrogen-bond acceptors (Lipinski definition) is 1. The van der Waals surface area contributed by atoms with Gasteiger partial charge in [0.1, 0.15) is 5.82 Å². The van der Waals surface area contributed by atoms with E-state index in [1.54, 1.807) is 6.07 Å². The normalized spacial score (nSPS) is 24.5. The summed E-state index contributed by atoms with van der Waals surface area (Å²) < 4.78 is 13.4. The van der Waals surface area contributed by atoms with Crippen LogP contribution in [0.15, 0.2) is 24.3 Å². The van der Waals surface area contributed by atoms with Crippen LogP contribution in [0.4, 0.5) is 4.39 Å². The maximum Gasteiger partial charge on any atom is 0.127 e. The Bertz CT molecular complexity index is 350. The quantitative estimate of drug-likeness (QED) is 0.732. The molecule has 0 amide bonds. The van der Waals surface area contributed by atoms with Crippen LogP contribution in [0.1, 0.15) is 18.4 Å². The Morgan fingerprint density at radius 3 is 2.69 bits per heavy atom. The Labute approximate surface area is 101 Å². The van der Waals surface area contributed by atoms with Crippen molar-refractivity contribution in [2.45, 2.75) is 24.8 Å². The fourth-order valence-corrected chi connectivity index (χ4v) is 2.73. The summed E-state index contributed by atoms with van der Waals surface area (Å²) in [6.07, 6.45) is 2.20. The van der Waals surface area contributed by atoms with Gasteiger partial charge < -0.3 is 4.90 Å². The van der Waals surface area contributed by atoms with E-state index in [1.165, 1.54) is 6.07 Å². The molecule has 1 aromatic rings. The Balaban J connectivity index is 1.83. The minimum absolute atomic E-state index is 0.113. The van der Waals surface area contributed by atoms with Gasteiger partial charge in [-0.3, -0.25) is 0 Å². The summed E-state index contributed by atoms with van der Waals surface area (Å²) in [5.41, 5.74) is 0.770. The highest BCUT2D eigenvalue weighted by molar-refractivity contribution is 6.21. The highest BCUT2D eigenvalue weighted by Crippen LogP contribution is 2.32. The first-order chi connectivity index (χ1) is 7.65. The van der Waals surface area contributed by atoms with Crippen molar-refractivity contribution in [1.82, 2.24) is 4.90 Å². The molecule has 0 bridgehead atoms. The van der Waals surface area contributed by atoms with E-state index in [0.29, 0.717) is 17.8 Å². The van der Waals surface area contributed by atoms with Crippen molar-refractivity contribution < 1.29 is 4.39 Å². The van der Waals surface area contributed by atoms with Crippen LogP contribution in [0.2, 0.25) is 0 Å². The van der Waals surface area contributed by atoms with E-state index in [2.05, 4.69) is 4.90 Å². The summed E-state index contributed by atoms with van der Waals surface area (Å²) in [5.74, 6) is 0.581. The molecule has 0 unspecified atom stereocenters. The van der Waals surface area contributed by atoms with Gasteiger partial charge in [-0.1, -0.05) is 18.2 Å². The second kappa shape index (κ2) is 5.15. The van der Waals surface area contributed by atoms with E-state index in [4.69, 9.17) is 11.6 Å². The van der Waals surface area contributed by atoms with Crippen LogP contribution < -0.4 is 0 Å². The lowest BCUT2D eigenvalue weighted by molar-refractivity contribution is 0.202. The van der Waals surface area contributed by atoms with Crippen LogP contribution >= 0.6 is 11.6 Å². The third kappa shape index (κ3) is 2.96. The number of hydrogen-bond donors (Lipinski definition) is 0. The van der Waals surface area contributed by atoms with Crippen molar-refractivity contribution in [1.29, 1.82) is 0 Å². The van der Waals surface area contributed by atoms with Gasteiger partial charge in [0, 0.05) is 24.0 Å². The first-order valence-electron chi connectivity index (χ1n) is 5.71. The second-order valence-electron chi connectivity index (χ2n) is 4.72. The molecule has 0 heterocycles. The molecule has 0 aliphatic heterocycles. The standard InChI is InChI=1S/C13H17ClFN/c1-16(8-10-6-12(14)7-10)9-11-4-2-3-5-13(11)15/h2-5,10,12H,6-9H2,1H3. The van der Waals surface area contributed by atoms with Crippen LogP contribution in [0.5, 0.6) is 0 Å².